The molecule has 1 aromatic heterocycles. The van der Waals surface area contributed by atoms with E-state index in [0.29, 0.717) is 37.2 Å². The standard InChI is InChI=1S/C24H24F3N5O4/c1-14-21(23(36)32(30-14)17-5-2-4-16(12-17)24(25,26)27)29-28-19-7-3-6-18(22(19)35)15-8-10-31(11-9-15)13-20(33)34/h2-7,12,15,30,35H,8-11,13H2,1H3,(H,33,34). The van der Waals surface area contributed by atoms with Gasteiger partial charge in [0.1, 0.15) is 11.4 Å². The number of alkyl halides is 3. The van der Waals surface area contributed by atoms with Gasteiger partial charge in [-0.25, -0.2) is 4.68 Å². The minimum Gasteiger partial charge on any atom is -0.505 e. The maximum Gasteiger partial charge on any atom is 0.416 e. The summed E-state index contributed by atoms with van der Waals surface area (Å²) in [6.45, 7) is 2.68. The molecule has 9 nitrogen and oxygen atoms in total. The number of nitrogens with zero attached hydrogens (tertiary/aromatic N) is 4. The van der Waals surface area contributed by atoms with Gasteiger partial charge in [-0.05, 0) is 68.6 Å². The molecule has 2 heterocycles. The number of rotatable bonds is 6. The number of piperidine rings is 1. The average Bonchev–Trinajstić information content (AvgIpc) is 3.11. The molecular weight excluding hydrogens is 479 g/mol. The number of phenols is 1. The van der Waals surface area contributed by atoms with E-state index in [1.165, 1.54) is 18.2 Å². The number of hydrogen-bond donors (Lipinski definition) is 3. The van der Waals surface area contributed by atoms with Crippen molar-refractivity contribution in [2.45, 2.75) is 31.9 Å². The molecule has 4 rings (SSSR count). The molecule has 0 unspecified atom stereocenters. The highest BCUT2D eigenvalue weighted by Gasteiger charge is 2.31. The summed E-state index contributed by atoms with van der Waals surface area (Å²) >= 11 is 0. The first kappa shape index (κ1) is 25.2. The van der Waals surface area contributed by atoms with Crippen molar-refractivity contribution in [3.8, 4) is 11.4 Å². The van der Waals surface area contributed by atoms with Gasteiger partial charge in [-0.1, -0.05) is 18.2 Å². The SMILES string of the molecule is Cc1[nH]n(-c2cccc(C(F)(F)F)c2)c(=O)c1N=Nc1cccc(C2CCN(CC(=O)O)CC2)c1O. The Balaban J connectivity index is 1.57. The lowest BCUT2D eigenvalue weighted by molar-refractivity contribution is -0.139. The van der Waals surface area contributed by atoms with Crippen molar-refractivity contribution in [1.29, 1.82) is 0 Å². The molecule has 0 bridgehead atoms. The number of aromatic amines is 1. The molecule has 1 aliphatic heterocycles. The molecule has 3 aromatic rings. The molecule has 12 heteroatoms. The van der Waals surface area contributed by atoms with Gasteiger partial charge in [-0.15, -0.1) is 10.2 Å². The molecule has 36 heavy (non-hydrogen) atoms. The molecule has 0 amide bonds. The van der Waals surface area contributed by atoms with Crippen molar-refractivity contribution >= 4 is 17.3 Å². The molecule has 0 aliphatic carbocycles. The topological polar surface area (TPSA) is 123 Å². The number of phenolic OH excluding ortho intramolecular Hbond substituents is 1. The van der Waals surface area contributed by atoms with Crippen molar-refractivity contribution in [3.63, 3.8) is 0 Å². The van der Waals surface area contributed by atoms with E-state index in [4.69, 9.17) is 5.11 Å². The number of aryl methyl sites for hydroxylation is 1. The zero-order valence-corrected chi connectivity index (χ0v) is 19.3. The number of carbonyl (C=O) groups is 1. The number of aromatic hydroxyl groups is 1. The second-order valence-electron chi connectivity index (χ2n) is 8.63. The third-order valence-electron chi connectivity index (χ3n) is 6.16. The van der Waals surface area contributed by atoms with Gasteiger partial charge in [-0.2, -0.15) is 13.2 Å². The summed E-state index contributed by atoms with van der Waals surface area (Å²) in [5, 5.41) is 30.5. The molecule has 1 fully saturated rings. The smallest absolute Gasteiger partial charge is 0.416 e. The van der Waals surface area contributed by atoms with Crippen molar-refractivity contribution in [2.75, 3.05) is 19.6 Å². The minimum atomic E-state index is -4.56. The lowest BCUT2D eigenvalue weighted by Crippen LogP contribution is -2.36. The van der Waals surface area contributed by atoms with Crippen LogP contribution in [0.3, 0.4) is 0 Å². The molecule has 0 radical (unpaired) electrons. The number of halogens is 3. The van der Waals surface area contributed by atoms with Crippen LogP contribution in [0.1, 0.15) is 35.6 Å². The van der Waals surface area contributed by atoms with Gasteiger partial charge in [-0.3, -0.25) is 19.6 Å². The Hall–Kier alpha value is -3.93. The highest BCUT2D eigenvalue weighted by molar-refractivity contribution is 5.69. The summed E-state index contributed by atoms with van der Waals surface area (Å²) < 4.78 is 40.2. The quantitative estimate of drug-likeness (QED) is 0.414. The van der Waals surface area contributed by atoms with Crippen LogP contribution in [0.25, 0.3) is 5.69 Å². The number of hydrogen-bond acceptors (Lipinski definition) is 6. The third-order valence-corrected chi connectivity index (χ3v) is 6.16. The number of aromatic nitrogens is 2. The molecule has 0 spiro atoms. The van der Waals surface area contributed by atoms with Gasteiger partial charge in [0.05, 0.1) is 23.5 Å². The van der Waals surface area contributed by atoms with E-state index in [-0.39, 0.29) is 35.3 Å². The summed E-state index contributed by atoms with van der Waals surface area (Å²) in [6.07, 6.45) is -3.22. The summed E-state index contributed by atoms with van der Waals surface area (Å²) in [5.74, 6) is -0.951. The molecule has 1 aliphatic rings. The first-order valence-corrected chi connectivity index (χ1v) is 11.2. The van der Waals surface area contributed by atoms with Gasteiger partial charge in [0.2, 0.25) is 0 Å². The molecule has 190 valence electrons. The number of nitrogens with one attached hydrogen (secondary N) is 1. The third kappa shape index (κ3) is 5.33. The van der Waals surface area contributed by atoms with Crippen LogP contribution in [0.2, 0.25) is 0 Å². The first-order chi connectivity index (χ1) is 17.0. The Morgan fingerprint density at radius 3 is 2.50 bits per heavy atom. The lowest BCUT2D eigenvalue weighted by Gasteiger charge is -2.31. The number of likely N-dealkylation sites (tertiary alicyclic amines) is 1. The van der Waals surface area contributed by atoms with Crippen LogP contribution < -0.4 is 5.56 Å². The Morgan fingerprint density at radius 2 is 1.83 bits per heavy atom. The van der Waals surface area contributed by atoms with Gasteiger partial charge < -0.3 is 10.2 Å². The molecular formula is C24H24F3N5O4. The van der Waals surface area contributed by atoms with Crippen LogP contribution in [0.4, 0.5) is 24.5 Å². The van der Waals surface area contributed by atoms with Crippen LogP contribution in [-0.4, -0.2) is 50.5 Å². The van der Waals surface area contributed by atoms with Gasteiger partial charge in [0.25, 0.3) is 5.56 Å². The van der Waals surface area contributed by atoms with Crippen LogP contribution in [0.15, 0.2) is 57.5 Å². The van der Waals surface area contributed by atoms with E-state index in [2.05, 4.69) is 15.3 Å². The van der Waals surface area contributed by atoms with Gasteiger partial charge in [0, 0.05) is 0 Å². The fourth-order valence-corrected chi connectivity index (χ4v) is 4.31. The number of azo groups is 1. The number of H-pyrrole nitrogens is 1. The van der Waals surface area contributed by atoms with Crippen molar-refractivity contribution in [1.82, 2.24) is 14.7 Å². The monoisotopic (exact) mass is 503 g/mol. The van der Waals surface area contributed by atoms with Crippen molar-refractivity contribution < 1.29 is 28.2 Å². The van der Waals surface area contributed by atoms with E-state index in [0.717, 1.165) is 16.8 Å². The Morgan fingerprint density at radius 1 is 1.14 bits per heavy atom. The second-order valence-corrected chi connectivity index (χ2v) is 8.63. The highest BCUT2D eigenvalue weighted by Crippen LogP contribution is 2.39. The summed E-state index contributed by atoms with van der Waals surface area (Å²) in [7, 11) is 0. The molecule has 0 saturated carbocycles. The van der Waals surface area contributed by atoms with Crippen molar-refractivity contribution in [3.05, 3.63) is 69.6 Å². The summed E-state index contributed by atoms with van der Waals surface area (Å²) in [4.78, 5) is 25.6. The average molecular weight is 503 g/mol. The first-order valence-electron chi connectivity index (χ1n) is 11.2. The van der Waals surface area contributed by atoms with E-state index >= 15 is 0 Å². The number of carboxylic acid groups (broad SMARTS) is 1. The number of para-hydroxylation sites is 1. The second kappa shape index (κ2) is 9.97. The van der Waals surface area contributed by atoms with E-state index in [9.17, 15) is 27.9 Å². The number of benzene rings is 2. The predicted molar refractivity (Wildman–Crippen MR) is 124 cm³/mol. The largest absolute Gasteiger partial charge is 0.505 e. The minimum absolute atomic E-state index is 0.00143. The lowest BCUT2D eigenvalue weighted by atomic mass is 9.88. The predicted octanol–water partition coefficient (Wildman–Crippen LogP) is 4.88. The molecule has 2 aromatic carbocycles. The van der Waals surface area contributed by atoms with Crippen LogP contribution >= 0.6 is 0 Å². The maximum absolute atomic E-state index is 13.1. The fraction of sp³-hybridized carbons (Fsp3) is 0.333. The van der Waals surface area contributed by atoms with Crippen molar-refractivity contribution in [2.24, 2.45) is 10.2 Å². The van der Waals surface area contributed by atoms with Crippen LogP contribution in [0.5, 0.6) is 5.75 Å². The Labute approximate surface area is 203 Å². The van der Waals surface area contributed by atoms with E-state index < -0.39 is 23.3 Å². The zero-order valence-electron chi connectivity index (χ0n) is 19.3. The zero-order chi connectivity index (χ0) is 26.0. The number of aliphatic carboxylic acids is 1. The number of carboxylic acids is 1. The highest BCUT2D eigenvalue weighted by atomic mass is 19.4. The summed E-state index contributed by atoms with van der Waals surface area (Å²) in [6, 6.07) is 9.36. The maximum atomic E-state index is 13.1. The van der Waals surface area contributed by atoms with E-state index in [1.807, 2.05) is 4.90 Å². The normalized spacial score (nSPS) is 15.6. The molecule has 0 atom stereocenters. The molecule has 1 saturated heterocycles. The Bertz CT molecular complexity index is 1350. The molecule has 3 N–H and O–H groups in total. The fourth-order valence-electron chi connectivity index (χ4n) is 4.31. The Kier molecular flexibility index (Phi) is 6.97. The van der Waals surface area contributed by atoms with Gasteiger partial charge in [0.15, 0.2) is 5.69 Å². The van der Waals surface area contributed by atoms with Gasteiger partial charge >= 0.3 is 12.1 Å². The van der Waals surface area contributed by atoms with Crippen LogP contribution in [0, 0.1) is 6.92 Å². The van der Waals surface area contributed by atoms with Crippen LogP contribution in [-0.2, 0) is 11.0 Å². The summed E-state index contributed by atoms with van der Waals surface area (Å²) in [5.41, 5.74) is -0.574. The van der Waals surface area contributed by atoms with E-state index in [1.54, 1.807) is 19.1 Å².